The van der Waals surface area contributed by atoms with Crippen molar-refractivity contribution < 1.29 is 4.79 Å². The van der Waals surface area contributed by atoms with Crippen LogP contribution in [-0.4, -0.2) is 6.29 Å². The molecule has 0 aromatic rings. The third-order valence-electron chi connectivity index (χ3n) is 2.30. The molecule has 64 valence electrons. The van der Waals surface area contributed by atoms with E-state index in [2.05, 4.69) is 20.4 Å². The van der Waals surface area contributed by atoms with Crippen LogP contribution in [0.1, 0.15) is 33.6 Å². The fourth-order valence-electron chi connectivity index (χ4n) is 1.36. The van der Waals surface area contributed by atoms with E-state index in [0.29, 0.717) is 0 Å². The minimum atomic E-state index is 0.750. The van der Waals surface area contributed by atoms with Gasteiger partial charge in [-0.25, -0.2) is 0 Å². The topological polar surface area (TPSA) is 17.1 Å². The van der Waals surface area contributed by atoms with Crippen molar-refractivity contribution in [2.24, 2.45) is 11.8 Å². The van der Waals surface area contributed by atoms with E-state index in [4.69, 9.17) is 4.79 Å². The quantitative estimate of drug-likeness (QED) is 0.387. The van der Waals surface area contributed by atoms with E-state index in [9.17, 15) is 0 Å². The molecule has 0 radical (unpaired) electrons. The van der Waals surface area contributed by atoms with E-state index < -0.39 is 0 Å². The van der Waals surface area contributed by atoms with Gasteiger partial charge in [0.25, 0.3) is 0 Å². The molecule has 0 amide bonds. The second-order valence-electron chi connectivity index (χ2n) is 3.19. The highest BCUT2D eigenvalue weighted by Gasteiger charge is 2.20. The standard InChI is InChI=1S/C8H14.C2H4O/c1-6-4-5-7(2)8(6)3;1-2-3/h6-7H,3-5H2,1-2H3;2H,1H3. The third-order valence-corrected chi connectivity index (χ3v) is 2.30. The van der Waals surface area contributed by atoms with Crippen LogP contribution in [-0.2, 0) is 4.79 Å². The Morgan fingerprint density at radius 3 is 1.73 bits per heavy atom. The number of carbonyl (C=O) groups is 1. The summed E-state index contributed by atoms with van der Waals surface area (Å²) >= 11 is 0. The van der Waals surface area contributed by atoms with Gasteiger partial charge in [0, 0.05) is 0 Å². The van der Waals surface area contributed by atoms with Crippen LogP contribution in [0.15, 0.2) is 12.2 Å². The molecule has 1 aliphatic rings. The predicted molar refractivity (Wildman–Crippen MR) is 48.4 cm³/mol. The third kappa shape index (κ3) is 3.35. The van der Waals surface area contributed by atoms with E-state index in [-0.39, 0.29) is 0 Å². The Bertz CT molecular complexity index is 126. The van der Waals surface area contributed by atoms with Crippen molar-refractivity contribution in [2.75, 3.05) is 0 Å². The minimum Gasteiger partial charge on any atom is -0.304 e. The Morgan fingerprint density at radius 2 is 1.64 bits per heavy atom. The summed E-state index contributed by atoms with van der Waals surface area (Å²) in [4.78, 5) is 8.81. The Kier molecular flexibility index (Phi) is 4.84. The summed E-state index contributed by atoms with van der Waals surface area (Å²) in [5.41, 5.74) is 1.46. The Hall–Kier alpha value is -0.590. The second kappa shape index (κ2) is 5.11. The lowest BCUT2D eigenvalue weighted by Crippen LogP contribution is -1.91. The van der Waals surface area contributed by atoms with Crippen molar-refractivity contribution in [1.29, 1.82) is 0 Å². The SMILES string of the molecule is C=C1C(C)CCC1C.CC=O. The highest BCUT2D eigenvalue weighted by atomic mass is 16.1. The van der Waals surface area contributed by atoms with Crippen LogP contribution < -0.4 is 0 Å². The van der Waals surface area contributed by atoms with Gasteiger partial charge in [-0.3, -0.25) is 0 Å². The summed E-state index contributed by atoms with van der Waals surface area (Å²) in [5, 5.41) is 0. The number of carbonyl (C=O) groups excluding carboxylic acids is 1. The van der Waals surface area contributed by atoms with Gasteiger partial charge in [0.05, 0.1) is 0 Å². The first-order valence-electron chi connectivity index (χ1n) is 4.22. The molecular weight excluding hydrogens is 136 g/mol. The van der Waals surface area contributed by atoms with E-state index in [0.717, 1.165) is 18.1 Å². The minimum absolute atomic E-state index is 0.750. The Morgan fingerprint density at radius 1 is 1.36 bits per heavy atom. The molecule has 1 aliphatic carbocycles. The molecule has 0 spiro atoms. The molecule has 0 aliphatic heterocycles. The van der Waals surface area contributed by atoms with Gasteiger partial charge in [-0.05, 0) is 31.6 Å². The molecular formula is C10H18O. The van der Waals surface area contributed by atoms with Crippen LogP contribution in [0.25, 0.3) is 0 Å². The number of hydrogen-bond donors (Lipinski definition) is 0. The predicted octanol–water partition coefficient (Wildman–Crippen LogP) is 2.81. The monoisotopic (exact) mass is 154 g/mol. The molecule has 0 saturated heterocycles. The smallest absolute Gasteiger partial charge is 0.116 e. The fraction of sp³-hybridized carbons (Fsp3) is 0.700. The molecule has 0 aromatic heterocycles. The van der Waals surface area contributed by atoms with Crippen LogP contribution in [0, 0.1) is 11.8 Å². The van der Waals surface area contributed by atoms with Gasteiger partial charge in [0.15, 0.2) is 0 Å². The zero-order chi connectivity index (χ0) is 8.85. The van der Waals surface area contributed by atoms with Crippen LogP contribution in [0.2, 0.25) is 0 Å². The van der Waals surface area contributed by atoms with Gasteiger partial charge in [0.2, 0.25) is 0 Å². The molecule has 2 atom stereocenters. The van der Waals surface area contributed by atoms with Crippen LogP contribution in [0.4, 0.5) is 0 Å². The fourth-order valence-corrected chi connectivity index (χ4v) is 1.36. The van der Waals surface area contributed by atoms with Crippen LogP contribution in [0.5, 0.6) is 0 Å². The molecule has 11 heavy (non-hydrogen) atoms. The summed E-state index contributed by atoms with van der Waals surface area (Å²) < 4.78 is 0. The van der Waals surface area contributed by atoms with Gasteiger partial charge < -0.3 is 4.79 Å². The molecule has 2 unspecified atom stereocenters. The normalized spacial score (nSPS) is 29.2. The van der Waals surface area contributed by atoms with E-state index >= 15 is 0 Å². The first-order valence-corrected chi connectivity index (χ1v) is 4.22. The summed E-state index contributed by atoms with van der Waals surface area (Å²) in [5.74, 6) is 1.59. The molecule has 1 saturated carbocycles. The van der Waals surface area contributed by atoms with Crippen LogP contribution in [0.3, 0.4) is 0 Å². The van der Waals surface area contributed by atoms with Crippen molar-refractivity contribution in [3.05, 3.63) is 12.2 Å². The highest BCUT2D eigenvalue weighted by molar-refractivity contribution is 5.44. The molecule has 0 aromatic carbocycles. The molecule has 1 heteroatoms. The van der Waals surface area contributed by atoms with Gasteiger partial charge in [0.1, 0.15) is 6.29 Å². The molecule has 0 bridgehead atoms. The summed E-state index contributed by atoms with van der Waals surface area (Å²) in [7, 11) is 0. The molecule has 1 fully saturated rings. The maximum Gasteiger partial charge on any atom is 0.116 e. The first-order chi connectivity index (χ1) is 5.13. The number of rotatable bonds is 0. The number of hydrogen-bond acceptors (Lipinski definition) is 1. The van der Waals surface area contributed by atoms with Gasteiger partial charge in [-0.1, -0.05) is 26.0 Å². The zero-order valence-corrected chi connectivity index (χ0v) is 7.76. The summed E-state index contributed by atoms with van der Waals surface area (Å²) in [6, 6.07) is 0. The Labute approximate surface area is 69.5 Å². The van der Waals surface area contributed by atoms with Gasteiger partial charge in [-0.15, -0.1) is 0 Å². The first kappa shape index (κ1) is 10.4. The lowest BCUT2D eigenvalue weighted by Gasteiger charge is -2.03. The van der Waals surface area contributed by atoms with Crippen molar-refractivity contribution in [2.45, 2.75) is 33.6 Å². The molecule has 0 N–H and O–H groups in total. The van der Waals surface area contributed by atoms with Crippen LogP contribution >= 0.6 is 0 Å². The molecule has 1 rings (SSSR count). The lowest BCUT2D eigenvalue weighted by atomic mass is 10.0. The number of allylic oxidation sites excluding steroid dienone is 1. The average molecular weight is 154 g/mol. The van der Waals surface area contributed by atoms with Crippen molar-refractivity contribution in [3.8, 4) is 0 Å². The van der Waals surface area contributed by atoms with Crippen molar-refractivity contribution in [1.82, 2.24) is 0 Å². The van der Waals surface area contributed by atoms with E-state index in [1.165, 1.54) is 25.3 Å². The molecule has 0 heterocycles. The zero-order valence-electron chi connectivity index (χ0n) is 7.76. The van der Waals surface area contributed by atoms with E-state index in [1.807, 2.05) is 0 Å². The summed E-state index contributed by atoms with van der Waals surface area (Å²) in [6.45, 7) is 10.0. The highest BCUT2D eigenvalue weighted by Crippen LogP contribution is 2.33. The maximum absolute atomic E-state index is 8.81. The largest absolute Gasteiger partial charge is 0.304 e. The van der Waals surface area contributed by atoms with E-state index in [1.54, 1.807) is 0 Å². The maximum atomic E-state index is 8.81. The lowest BCUT2D eigenvalue weighted by molar-refractivity contribution is -0.106. The van der Waals surface area contributed by atoms with Gasteiger partial charge in [-0.2, -0.15) is 0 Å². The Balaban J connectivity index is 0.000000292. The number of aldehydes is 1. The van der Waals surface area contributed by atoms with Crippen molar-refractivity contribution in [3.63, 3.8) is 0 Å². The second-order valence-corrected chi connectivity index (χ2v) is 3.19. The summed E-state index contributed by atoms with van der Waals surface area (Å²) in [6.07, 6.45) is 3.47. The molecule has 1 nitrogen and oxygen atoms in total. The van der Waals surface area contributed by atoms with Crippen molar-refractivity contribution >= 4 is 6.29 Å². The van der Waals surface area contributed by atoms with Gasteiger partial charge >= 0.3 is 0 Å². The average Bonchev–Trinajstić information content (AvgIpc) is 2.22.